The predicted octanol–water partition coefficient (Wildman–Crippen LogP) is 5.03. The van der Waals surface area contributed by atoms with Crippen molar-refractivity contribution in [3.05, 3.63) is 92.1 Å². The van der Waals surface area contributed by atoms with Gasteiger partial charge in [-0.1, -0.05) is 29.8 Å². The number of methoxy groups -OCH3 is 1. The van der Waals surface area contributed by atoms with E-state index in [-0.39, 0.29) is 23.4 Å². The maximum atomic E-state index is 13.3. The number of carbonyl (C=O) groups excluding carboxylic acids is 4. The summed E-state index contributed by atoms with van der Waals surface area (Å²) in [7, 11) is 1.50. The van der Waals surface area contributed by atoms with E-state index in [4.69, 9.17) is 14.2 Å². The van der Waals surface area contributed by atoms with E-state index in [9.17, 15) is 19.2 Å². The molecule has 1 heterocycles. The number of urea groups is 1. The highest BCUT2D eigenvalue weighted by Crippen LogP contribution is 2.35. The van der Waals surface area contributed by atoms with Gasteiger partial charge in [-0.25, -0.2) is 14.5 Å². The number of hydrogen-bond donors (Lipinski definition) is 1. The molecule has 1 saturated heterocycles. The van der Waals surface area contributed by atoms with Crippen LogP contribution in [-0.4, -0.2) is 37.5 Å². The van der Waals surface area contributed by atoms with Crippen molar-refractivity contribution in [1.29, 1.82) is 0 Å². The first-order chi connectivity index (χ1) is 18.7. The van der Waals surface area contributed by atoms with E-state index < -0.39 is 23.8 Å². The molecule has 0 unspecified atom stereocenters. The molecule has 0 spiro atoms. The molecule has 9 nitrogen and oxygen atoms in total. The topological polar surface area (TPSA) is 111 Å². The summed E-state index contributed by atoms with van der Waals surface area (Å²) in [5.41, 5.74) is 2.87. The molecule has 0 atom stereocenters. The number of aryl methyl sites for hydroxylation is 1. The quantitative estimate of drug-likeness (QED) is 0.159. The van der Waals surface area contributed by atoms with Crippen molar-refractivity contribution in [2.75, 3.05) is 18.6 Å². The third-order valence-corrected chi connectivity index (χ3v) is 6.61. The molecule has 0 aliphatic carbocycles. The zero-order chi connectivity index (χ0) is 28.1. The summed E-state index contributed by atoms with van der Waals surface area (Å²) in [6.45, 7) is 4.25. The van der Waals surface area contributed by atoms with Crippen molar-refractivity contribution in [1.82, 2.24) is 5.32 Å². The van der Waals surface area contributed by atoms with Gasteiger partial charge < -0.3 is 14.2 Å². The fraction of sp³-hybridized carbons (Fsp3) is 0.172. The second kappa shape index (κ2) is 12.1. The molecule has 3 aromatic rings. The Morgan fingerprint density at radius 3 is 2.36 bits per heavy atom. The highest BCUT2D eigenvalue weighted by molar-refractivity contribution is 14.1. The Balaban J connectivity index is 1.60. The van der Waals surface area contributed by atoms with Crippen LogP contribution in [0.15, 0.2) is 66.2 Å². The van der Waals surface area contributed by atoms with E-state index in [0.717, 1.165) is 16.0 Å². The zero-order valence-electron chi connectivity index (χ0n) is 21.4. The van der Waals surface area contributed by atoms with Gasteiger partial charge in [-0.05, 0) is 90.0 Å². The molecule has 4 amide bonds. The lowest BCUT2D eigenvalue weighted by Crippen LogP contribution is -2.54. The number of barbiturate groups is 1. The maximum absolute atomic E-state index is 13.3. The molecule has 200 valence electrons. The number of nitrogens with one attached hydrogen (secondary N) is 1. The second-order valence-electron chi connectivity index (χ2n) is 8.53. The third-order valence-electron chi connectivity index (χ3n) is 5.80. The fourth-order valence-electron chi connectivity index (χ4n) is 3.82. The van der Waals surface area contributed by atoms with Gasteiger partial charge in [0, 0.05) is 0 Å². The smallest absolute Gasteiger partial charge is 0.338 e. The standard InChI is InChI=1S/C29H25IN2O7/c1-4-38-28(35)20-9-11-21(12-10-20)32-27(34)22(26(33)31-29(32)36)13-19-14-23(30)25(24(15-19)37-3)39-16-18-7-5-17(2)6-8-18/h5-15H,4,16H2,1-3H3,(H,31,33,36)/b22-13+. The van der Waals surface area contributed by atoms with Gasteiger partial charge in [-0.15, -0.1) is 0 Å². The van der Waals surface area contributed by atoms with Crippen LogP contribution in [0.1, 0.15) is 34.0 Å². The Morgan fingerprint density at radius 2 is 1.72 bits per heavy atom. The predicted molar refractivity (Wildman–Crippen MR) is 153 cm³/mol. The minimum Gasteiger partial charge on any atom is -0.493 e. The van der Waals surface area contributed by atoms with Crippen molar-refractivity contribution in [3.8, 4) is 11.5 Å². The summed E-state index contributed by atoms with van der Waals surface area (Å²) in [5.74, 6) is -1.20. The average Bonchev–Trinajstić information content (AvgIpc) is 2.91. The molecule has 39 heavy (non-hydrogen) atoms. The van der Waals surface area contributed by atoms with Gasteiger partial charge >= 0.3 is 12.0 Å². The zero-order valence-corrected chi connectivity index (χ0v) is 23.6. The second-order valence-corrected chi connectivity index (χ2v) is 9.70. The van der Waals surface area contributed by atoms with Crippen LogP contribution in [0.2, 0.25) is 0 Å². The van der Waals surface area contributed by atoms with Crippen molar-refractivity contribution in [2.45, 2.75) is 20.5 Å². The molecule has 0 saturated carbocycles. The number of nitrogens with zero attached hydrogens (tertiary/aromatic N) is 1. The number of amides is 4. The summed E-state index contributed by atoms with van der Waals surface area (Å²) in [6.07, 6.45) is 1.39. The molecule has 3 aromatic carbocycles. The first kappa shape index (κ1) is 27.8. The minimum atomic E-state index is -0.891. The van der Waals surface area contributed by atoms with E-state index in [1.807, 2.05) is 31.2 Å². The number of imide groups is 2. The molecular weight excluding hydrogens is 615 g/mol. The number of ether oxygens (including phenoxy) is 3. The number of esters is 1. The first-order valence-corrected chi connectivity index (χ1v) is 13.0. The molecule has 4 rings (SSSR count). The Labute approximate surface area is 238 Å². The Hall–Kier alpha value is -4.19. The molecule has 10 heteroatoms. The number of halogens is 1. The lowest BCUT2D eigenvalue weighted by molar-refractivity contribution is -0.122. The largest absolute Gasteiger partial charge is 0.493 e. The summed E-state index contributed by atoms with van der Waals surface area (Å²) in [4.78, 5) is 51.3. The molecule has 1 aliphatic rings. The van der Waals surface area contributed by atoms with E-state index >= 15 is 0 Å². The number of benzene rings is 3. The summed E-state index contributed by atoms with van der Waals surface area (Å²) in [6, 6.07) is 16.2. The average molecular weight is 640 g/mol. The van der Waals surface area contributed by atoms with E-state index in [2.05, 4.69) is 27.9 Å². The van der Waals surface area contributed by atoms with Crippen LogP contribution in [0.3, 0.4) is 0 Å². The summed E-state index contributed by atoms with van der Waals surface area (Å²) in [5, 5.41) is 2.19. The van der Waals surface area contributed by atoms with E-state index in [1.165, 1.54) is 37.5 Å². The SMILES string of the molecule is CCOC(=O)c1ccc(N2C(=O)NC(=O)/C(=C\c3cc(I)c(OCc4ccc(C)cc4)c(OC)c3)C2=O)cc1. The Kier molecular flexibility index (Phi) is 8.65. The van der Waals surface area contributed by atoms with Crippen molar-refractivity contribution in [3.63, 3.8) is 0 Å². The molecule has 1 aliphatic heterocycles. The summed E-state index contributed by atoms with van der Waals surface area (Å²) >= 11 is 2.10. The van der Waals surface area contributed by atoms with Crippen molar-refractivity contribution >= 4 is 58.2 Å². The highest BCUT2D eigenvalue weighted by atomic mass is 127. The van der Waals surface area contributed by atoms with E-state index in [1.54, 1.807) is 19.1 Å². The molecule has 0 aromatic heterocycles. The molecule has 0 radical (unpaired) electrons. The van der Waals surface area contributed by atoms with E-state index in [0.29, 0.717) is 27.2 Å². The number of anilines is 1. The fourth-order valence-corrected chi connectivity index (χ4v) is 4.60. The van der Waals surface area contributed by atoms with Gasteiger partial charge in [0.15, 0.2) is 11.5 Å². The monoisotopic (exact) mass is 640 g/mol. The molecule has 1 N–H and O–H groups in total. The van der Waals surface area contributed by atoms with Gasteiger partial charge in [-0.3, -0.25) is 14.9 Å². The van der Waals surface area contributed by atoms with Crippen LogP contribution in [0.5, 0.6) is 11.5 Å². The number of rotatable bonds is 8. The maximum Gasteiger partial charge on any atom is 0.338 e. The van der Waals surface area contributed by atoms with Crippen molar-refractivity contribution in [2.24, 2.45) is 0 Å². The van der Waals surface area contributed by atoms with Gasteiger partial charge in [0.25, 0.3) is 11.8 Å². The highest BCUT2D eigenvalue weighted by Gasteiger charge is 2.37. The van der Waals surface area contributed by atoms with Crippen LogP contribution in [0.25, 0.3) is 6.08 Å². The third kappa shape index (κ3) is 6.28. The lowest BCUT2D eigenvalue weighted by Gasteiger charge is -2.26. The summed E-state index contributed by atoms with van der Waals surface area (Å²) < 4.78 is 17.2. The van der Waals surface area contributed by atoms with Crippen LogP contribution in [-0.2, 0) is 20.9 Å². The lowest BCUT2D eigenvalue weighted by atomic mass is 10.1. The minimum absolute atomic E-state index is 0.191. The molecular formula is C29H25IN2O7. The van der Waals surface area contributed by atoms with Crippen molar-refractivity contribution < 1.29 is 33.4 Å². The van der Waals surface area contributed by atoms with Crippen LogP contribution >= 0.6 is 22.6 Å². The Morgan fingerprint density at radius 1 is 1.03 bits per heavy atom. The van der Waals surface area contributed by atoms with Gasteiger partial charge in [0.05, 0.1) is 28.5 Å². The van der Waals surface area contributed by atoms with Gasteiger partial charge in [0.2, 0.25) is 0 Å². The number of hydrogen-bond acceptors (Lipinski definition) is 7. The van der Waals surface area contributed by atoms with Crippen LogP contribution in [0, 0.1) is 10.5 Å². The van der Waals surface area contributed by atoms with Crippen LogP contribution in [0.4, 0.5) is 10.5 Å². The number of carbonyl (C=O) groups is 4. The molecule has 1 fully saturated rings. The first-order valence-electron chi connectivity index (χ1n) is 12.0. The van der Waals surface area contributed by atoms with Crippen LogP contribution < -0.4 is 19.7 Å². The molecule has 0 bridgehead atoms. The normalized spacial score (nSPS) is 14.3. The van der Waals surface area contributed by atoms with Gasteiger partial charge in [0.1, 0.15) is 12.2 Å². The Bertz CT molecular complexity index is 1460. The van der Waals surface area contributed by atoms with Gasteiger partial charge in [-0.2, -0.15) is 0 Å².